The van der Waals surface area contributed by atoms with Gasteiger partial charge >= 0.3 is 0 Å². The molecular weight excluding hydrogens is 220 g/mol. The van der Waals surface area contributed by atoms with Gasteiger partial charge in [-0.25, -0.2) is 0 Å². The molecule has 0 nitrogen and oxygen atoms in total. The summed E-state index contributed by atoms with van der Waals surface area (Å²) in [6.45, 7) is 4.46. The minimum Gasteiger partial charge on any atom is -0.0628 e. The van der Waals surface area contributed by atoms with Crippen LogP contribution in [0.15, 0.2) is 48.5 Å². The molecule has 0 unspecified atom stereocenters. The number of hydrogen-bond donors (Lipinski definition) is 0. The Balaban J connectivity index is 2.31. The second-order valence-corrected chi connectivity index (χ2v) is 5.47. The van der Waals surface area contributed by atoms with Crippen LogP contribution >= 0.6 is 0 Å². The Bertz CT molecular complexity index is 443. The van der Waals surface area contributed by atoms with E-state index in [4.69, 9.17) is 0 Å². The summed E-state index contributed by atoms with van der Waals surface area (Å²) >= 11 is 0. The molecule has 17 heavy (non-hydrogen) atoms. The first-order valence-corrected chi connectivity index (χ1v) is 7.28. The first-order valence-electron chi connectivity index (χ1n) is 6.28. The SMILES string of the molecule is CCc1ccccc1[Si]c1ccccc1CC. The molecule has 0 heterocycles. The summed E-state index contributed by atoms with van der Waals surface area (Å²) < 4.78 is 0. The van der Waals surface area contributed by atoms with Gasteiger partial charge in [-0.15, -0.1) is 0 Å². The molecule has 0 saturated heterocycles. The van der Waals surface area contributed by atoms with Crippen LogP contribution in [0.5, 0.6) is 0 Å². The zero-order chi connectivity index (χ0) is 12.1. The molecule has 2 radical (unpaired) electrons. The van der Waals surface area contributed by atoms with Gasteiger partial charge in [-0.2, -0.15) is 0 Å². The zero-order valence-corrected chi connectivity index (χ0v) is 11.5. The molecule has 0 amide bonds. The number of aryl methyl sites for hydroxylation is 2. The van der Waals surface area contributed by atoms with Crippen molar-refractivity contribution in [2.45, 2.75) is 26.7 Å². The highest BCUT2D eigenvalue weighted by molar-refractivity contribution is 6.68. The summed E-state index contributed by atoms with van der Waals surface area (Å²) in [5, 5.41) is 2.99. The van der Waals surface area contributed by atoms with Crippen molar-refractivity contribution in [1.29, 1.82) is 0 Å². The molecule has 0 N–H and O–H groups in total. The highest BCUT2D eigenvalue weighted by Crippen LogP contribution is 1.99. The lowest BCUT2D eigenvalue weighted by Gasteiger charge is -2.09. The maximum Gasteiger partial charge on any atom is 0.122 e. The molecule has 0 spiro atoms. The number of benzene rings is 2. The van der Waals surface area contributed by atoms with Gasteiger partial charge in [0, 0.05) is 0 Å². The van der Waals surface area contributed by atoms with Crippen LogP contribution in [0.3, 0.4) is 0 Å². The monoisotopic (exact) mass is 238 g/mol. The van der Waals surface area contributed by atoms with Crippen molar-refractivity contribution in [2.24, 2.45) is 0 Å². The lowest BCUT2D eigenvalue weighted by atomic mass is 10.2. The van der Waals surface area contributed by atoms with Gasteiger partial charge in [-0.3, -0.25) is 0 Å². The molecule has 0 atom stereocenters. The molecule has 0 aliphatic carbocycles. The van der Waals surface area contributed by atoms with Crippen LogP contribution in [0.25, 0.3) is 0 Å². The molecule has 1 heteroatoms. The molecule has 86 valence electrons. The molecule has 0 aliphatic heterocycles. The minimum atomic E-state index is 0.788. The van der Waals surface area contributed by atoms with Gasteiger partial charge < -0.3 is 0 Å². The maximum atomic E-state index is 2.27. The molecule has 0 fully saturated rings. The molecule has 2 aromatic rings. The van der Waals surface area contributed by atoms with Gasteiger partial charge in [-0.05, 0) is 24.0 Å². The average Bonchev–Trinajstić information content (AvgIpc) is 2.40. The third-order valence-electron chi connectivity index (χ3n) is 3.07. The van der Waals surface area contributed by atoms with E-state index in [0.717, 1.165) is 22.4 Å². The van der Waals surface area contributed by atoms with Crippen LogP contribution in [0, 0.1) is 0 Å². The Morgan fingerprint density at radius 2 is 1.12 bits per heavy atom. The molecule has 0 aromatic heterocycles. The predicted octanol–water partition coefficient (Wildman–Crippen LogP) is 2.47. The fourth-order valence-corrected chi connectivity index (χ4v) is 3.54. The maximum absolute atomic E-state index is 2.27. The van der Waals surface area contributed by atoms with Gasteiger partial charge in [0.2, 0.25) is 0 Å². The normalized spacial score (nSPS) is 10.5. The smallest absolute Gasteiger partial charge is 0.0628 e. The van der Waals surface area contributed by atoms with Crippen LogP contribution in [-0.2, 0) is 12.8 Å². The van der Waals surface area contributed by atoms with Crippen molar-refractivity contribution in [2.75, 3.05) is 0 Å². The molecule has 2 aromatic carbocycles. The number of hydrogen-bond acceptors (Lipinski definition) is 0. The van der Waals surface area contributed by atoms with Crippen molar-refractivity contribution < 1.29 is 0 Å². The first-order chi connectivity index (χ1) is 8.35. The molecule has 2 rings (SSSR count). The average molecular weight is 238 g/mol. The van der Waals surface area contributed by atoms with E-state index in [1.807, 2.05) is 0 Å². The van der Waals surface area contributed by atoms with Gasteiger partial charge in [-0.1, -0.05) is 72.8 Å². The van der Waals surface area contributed by atoms with Gasteiger partial charge in [0.1, 0.15) is 9.52 Å². The highest BCUT2D eigenvalue weighted by Gasteiger charge is 2.05. The molecule has 0 bridgehead atoms. The van der Waals surface area contributed by atoms with Crippen molar-refractivity contribution in [3.05, 3.63) is 59.7 Å². The second-order valence-electron chi connectivity index (χ2n) is 4.15. The standard InChI is InChI=1S/C16H18Si/c1-3-13-9-5-7-11-15(13)17-16-12-8-6-10-14(16)4-2/h5-12H,3-4H2,1-2H3. The Labute approximate surface area is 107 Å². The van der Waals surface area contributed by atoms with E-state index in [1.54, 1.807) is 0 Å². The lowest BCUT2D eigenvalue weighted by Crippen LogP contribution is -2.31. The summed E-state index contributed by atoms with van der Waals surface area (Å²) in [7, 11) is 0.788. The van der Waals surface area contributed by atoms with E-state index < -0.39 is 0 Å². The van der Waals surface area contributed by atoms with Crippen LogP contribution < -0.4 is 10.4 Å². The van der Waals surface area contributed by atoms with Crippen LogP contribution in [-0.4, -0.2) is 9.52 Å². The van der Waals surface area contributed by atoms with E-state index in [9.17, 15) is 0 Å². The van der Waals surface area contributed by atoms with Crippen LogP contribution in [0.4, 0.5) is 0 Å². The van der Waals surface area contributed by atoms with E-state index in [1.165, 1.54) is 21.5 Å². The summed E-state index contributed by atoms with van der Waals surface area (Å²) in [5.74, 6) is 0. The van der Waals surface area contributed by atoms with Crippen molar-refractivity contribution in [3.8, 4) is 0 Å². The fourth-order valence-electron chi connectivity index (χ4n) is 2.05. The van der Waals surface area contributed by atoms with E-state index in [2.05, 4.69) is 62.4 Å². The Morgan fingerprint density at radius 1 is 0.706 bits per heavy atom. The van der Waals surface area contributed by atoms with Crippen molar-refractivity contribution >= 4 is 19.9 Å². The largest absolute Gasteiger partial charge is 0.122 e. The Morgan fingerprint density at radius 3 is 1.53 bits per heavy atom. The predicted molar refractivity (Wildman–Crippen MR) is 76.7 cm³/mol. The van der Waals surface area contributed by atoms with Gasteiger partial charge in [0.05, 0.1) is 0 Å². The quantitative estimate of drug-likeness (QED) is 0.718. The van der Waals surface area contributed by atoms with Crippen LogP contribution in [0.1, 0.15) is 25.0 Å². The Hall–Kier alpha value is -1.34. The van der Waals surface area contributed by atoms with Crippen molar-refractivity contribution in [3.63, 3.8) is 0 Å². The van der Waals surface area contributed by atoms with Crippen molar-refractivity contribution in [1.82, 2.24) is 0 Å². The van der Waals surface area contributed by atoms with Gasteiger partial charge in [0.25, 0.3) is 0 Å². The van der Waals surface area contributed by atoms with E-state index in [-0.39, 0.29) is 0 Å². The first kappa shape index (κ1) is 12.1. The van der Waals surface area contributed by atoms with E-state index >= 15 is 0 Å². The third-order valence-corrected chi connectivity index (χ3v) is 4.58. The zero-order valence-electron chi connectivity index (χ0n) is 10.5. The third kappa shape index (κ3) is 2.86. The topological polar surface area (TPSA) is 0 Å². The molecular formula is C16H18Si. The summed E-state index contributed by atoms with van der Waals surface area (Å²) in [6.07, 6.45) is 2.24. The van der Waals surface area contributed by atoms with E-state index in [0.29, 0.717) is 0 Å². The van der Waals surface area contributed by atoms with Gasteiger partial charge in [0.15, 0.2) is 0 Å². The summed E-state index contributed by atoms with van der Waals surface area (Å²) in [4.78, 5) is 0. The highest BCUT2D eigenvalue weighted by atomic mass is 28.2. The molecule has 0 aliphatic rings. The Kier molecular flexibility index (Phi) is 4.16. The van der Waals surface area contributed by atoms with Crippen LogP contribution in [0.2, 0.25) is 0 Å². The summed E-state index contributed by atoms with van der Waals surface area (Å²) in [6, 6.07) is 17.6. The number of rotatable bonds is 4. The lowest BCUT2D eigenvalue weighted by molar-refractivity contribution is 1.15. The second kappa shape index (κ2) is 5.83. The molecule has 0 saturated carbocycles. The minimum absolute atomic E-state index is 0.788. The summed E-state index contributed by atoms with van der Waals surface area (Å²) in [5.41, 5.74) is 2.97. The fraction of sp³-hybridized carbons (Fsp3) is 0.250.